The highest BCUT2D eigenvalue weighted by atomic mass is 16.7. The fourth-order valence-electron chi connectivity index (χ4n) is 6.11. The zero-order chi connectivity index (χ0) is 23.3. The number of aliphatic hydroxyl groups excluding tert-OH is 1. The van der Waals surface area contributed by atoms with Gasteiger partial charge in [-0.3, -0.25) is 9.68 Å². The molecule has 0 aliphatic carbocycles. The molecule has 0 atom stereocenters. The zero-order valence-electron chi connectivity index (χ0n) is 21.9. The Morgan fingerprint density at radius 3 is 1.39 bits per heavy atom. The highest BCUT2D eigenvalue weighted by Gasteiger charge is 2.46. The van der Waals surface area contributed by atoms with Crippen LogP contribution in [0.25, 0.3) is 0 Å². The van der Waals surface area contributed by atoms with Crippen molar-refractivity contribution in [2.24, 2.45) is 0 Å². The van der Waals surface area contributed by atoms with Gasteiger partial charge in [0.15, 0.2) is 0 Å². The number of aliphatic hydroxyl groups is 1. The molecule has 2 rings (SSSR count). The van der Waals surface area contributed by atoms with Crippen LogP contribution in [0.2, 0.25) is 0 Å². The molecule has 1 N–H and O–H groups in total. The van der Waals surface area contributed by atoms with Gasteiger partial charge in [0.05, 0.1) is 19.3 Å². The third-order valence-electron chi connectivity index (χ3n) is 7.23. The molecular weight excluding hydrogens is 388 g/mol. The van der Waals surface area contributed by atoms with E-state index in [1.165, 1.54) is 44.9 Å². The minimum absolute atomic E-state index is 0.126. The van der Waals surface area contributed by atoms with E-state index in [1.54, 1.807) is 0 Å². The van der Waals surface area contributed by atoms with Crippen molar-refractivity contribution in [2.45, 2.75) is 154 Å². The van der Waals surface area contributed by atoms with Gasteiger partial charge in [0.25, 0.3) is 0 Å². The van der Waals surface area contributed by atoms with Gasteiger partial charge in [-0.05, 0) is 100 Å². The maximum atomic E-state index is 10.2. The molecule has 0 unspecified atom stereocenters. The summed E-state index contributed by atoms with van der Waals surface area (Å²) in [5, 5.41) is 14.6. The van der Waals surface area contributed by atoms with Gasteiger partial charge in [0.2, 0.25) is 0 Å². The van der Waals surface area contributed by atoms with Crippen molar-refractivity contribution in [2.75, 3.05) is 13.2 Å². The number of hydrogen-bond donors (Lipinski definition) is 1. The van der Waals surface area contributed by atoms with Crippen molar-refractivity contribution in [1.82, 2.24) is 10.1 Å². The van der Waals surface area contributed by atoms with Gasteiger partial charge in [0.1, 0.15) is 0 Å². The van der Waals surface area contributed by atoms with Gasteiger partial charge in [-0.25, -0.2) is 0 Å². The van der Waals surface area contributed by atoms with Crippen LogP contribution in [0.5, 0.6) is 0 Å². The Morgan fingerprint density at radius 2 is 0.968 bits per heavy atom. The summed E-state index contributed by atoms with van der Waals surface area (Å²) in [6, 6.07) is 0. The van der Waals surface area contributed by atoms with Crippen LogP contribution in [0.15, 0.2) is 0 Å². The molecule has 5 heteroatoms. The summed E-state index contributed by atoms with van der Waals surface area (Å²) in [5.41, 5.74) is 0.0198. The normalized spacial score (nSPS) is 26.2. The van der Waals surface area contributed by atoms with Gasteiger partial charge >= 0.3 is 0 Å². The molecule has 0 aromatic carbocycles. The first-order valence-electron chi connectivity index (χ1n) is 12.8. The topological polar surface area (TPSA) is 45.2 Å². The Balaban J connectivity index is 1.55. The van der Waals surface area contributed by atoms with Crippen LogP contribution < -0.4 is 0 Å². The number of hydroxylamine groups is 4. The van der Waals surface area contributed by atoms with Crippen molar-refractivity contribution in [1.29, 1.82) is 0 Å². The highest BCUT2D eigenvalue weighted by molar-refractivity contribution is 4.96. The number of piperidine rings is 2. The Morgan fingerprint density at radius 1 is 0.613 bits per heavy atom. The Hall–Kier alpha value is -0.200. The number of nitrogens with zero attached hydrogens (tertiary/aromatic N) is 2. The molecular formula is C26H52N2O3. The Bertz CT molecular complexity index is 511. The second-order valence-electron chi connectivity index (χ2n) is 12.5. The first-order chi connectivity index (χ1) is 14.3. The molecule has 0 aromatic rings. The fourth-order valence-corrected chi connectivity index (χ4v) is 6.11. The van der Waals surface area contributed by atoms with E-state index in [0.29, 0.717) is 0 Å². The molecule has 184 valence electrons. The molecule has 2 fully saturated rings. The average Bonchev–Trinajstić information content (AvgIpc) is 2.58. The number of unbranched alkanes of at least 4 members (excludes halogenated alkanes) is 5. The molecule has 2 aliphatic heterocycles. The lowest BCUT2D eigenvalue weighted by molar-refractivity contribution is -0.292. The van der Waals surface area contributed by atoms with Crippen LogP contribution in [-0.4, -0.2) is 56.7 Å². The van der Waals surface area contributed by atoms with Crippen LogP contribution in [-0.2, 0) is 9.68 Å². The van der Waals surface area contributed by atoms with Gasteiger partial charge in [-0.2, -0.15) is 10.1 Å². The van der Waals surface area contributed by atoms with Gasteiger partial charge in [-0.15, -0.1) is 0 Å². The summed E-state index contributed by atoms with van der Waals surface area (Å²) < 4.78 is 0. The van der Waals surface area contributed by atoms with Gasteiger partial charge in [-0.1, -0.05) is 25.7 Å². The molecule has 0 saturated carbocycles. The van der Waals surface area contributed by atoms with Crippen LogP contribution in [0.3, 0.4) is 0 Å². The summed E-state index contributed by atoms with van der Waals surface area (Å²) in [4.78, 5) is 12.5. The predicted octanol–water partition coefficient (Wildman–Crippen LogP) is 6.25. The van der Waals surface area contributed by atoms with E-state index in [1.807, 2.05) is 0 Å². The smallest absolute Gasteiger partial charge is 0.0685 e. The second kappa shape index (κ2) is 10.8. The lowest BCUT2D eigenvalue weighted by atomic mass is 9.80. The highest BCUT2D eigenvalue weighted by Crippen LogP contribution is 2.39. The van der Waals surface area contributed by atoms with Crippen molar-refractivity contribution in [3.8, 4) is 0 Å². The van der Waals surface area contributed by atoms with Crippen molar-refractivity contribution < 1.29 is 14.8 Å². The molecule has 0 radical (unpaired) electrons. The summed E-state index contributed by atoms with van der Waals surface area (Å²) in [6.07, 6.45) is 12.2. The van der Waals surface area contributed by atoms with Crippen LogP contribution in [0.4, 0.5) is 0 Å². The summed E-state index contributed by atoms with van der Waals surface area (Å²) >= 11 is 0. The van der Waals surface area contributed by atoms with Crippen molar-refractivity contribution in [3.63, 3.8) is 0 Å². The van der Waals surface area contributed by atoms with Crippen molar-refractivity contribution in [3.05, 3.63) is 0 Å². The number of hydrogen-bond acceptors (Lipinski definition) is 5. The van der Waals surface area contributed by atoms with E-state index < -0.39 is 0 Å². The van der Waals surface area contributed by atoms with E-state index in [2.05, 4.69) is 65.5 Å². The summed E-state index contributed by atoms with van der Waals surface area (Å²) in [6.45, 7) is 19.5. The van der Waals surface area contributed by atoms with Crippen molar-refractivity contribution >= 4 is 0 Å². The van der Waals surface area contributed by atoms with E-state index in [-0.39, 0.29) is 28.3 Å². The van der Waals surface area contributed by atoms with Crippen LogP contribution in [0.1, 0.15) is 126 Å². The predicted molar refractivity (Wildman–Crippen MR) is 129 cm³/mol. The molecule has 0 bridgehead atoms. The minimum atomic E-state index is -0.235. The molecule has 2 heterocycles. The third kappa shape index (κ3) is 7.67. The molecule has 2 saturated heterocycles. The quantitative estimate of drug-likeness (QED) is 0.385. The van der Waals surface area contributed by atoms with Crippen LogP contribution in [0, 0.1) is 0 Å². The van der Waals surface area contributed by atoms with E-state index >= 15 is 0 Å². The summed E-state index contributed by atoms with van der Waals surface area (Å²) in [5.74, 6) is 0. The average molecular weight is 441 g/mol. The number of rotatable bonds is 11. The Labute approximate surface area is 192 Å². The first kappa shape index (κ1) is 27.0. The molecule has 5 nitrogen and oxygen atoms in total. The second-order valence-corrected chi connectivity index (χ2v) is 12.5. The SMILES string of the molecule is CC1(C)CCCC(C)(C)N1OCCCCCCCCON1C(C)(C)CC(O)CC1(C)C. The largest absolute Gasteiger partial charge is 0.393 e. The van der Waals surface area contributed by atoms with Gasteiger partial charge < -0.3 is 5.11 Å². The molecule has 0 amide bonds. The van der Waals surface area contributed by atoms with E-state index in [4.69, 9.17) is 9.68 Å². The van der Waals surface area contributed by atoms with E-state index in [9.17, 15) is 5.11 Å². The lowest BCUT2D eigenvalue weighted by Gasteiger charge is -2.52. The standard InChI is InChI=1S/C26H52N2O3/c1-23(2)16-15-17-24(3,4)27(23)30-18-13-11-9-10-12-14-19-31-28-25(5,6)20-22(29)21-26(28,7)8/h22,29H,9-21H2,1-8H3. The lowest BCUT2D eigenvalue weighted by Crippen LogP contribution is -2.61. The van der Waals surface area contributed by atoms with E-state index in [0.717, 1.165) is 38.9 Å². The fraction of sp³-hybridized carbons (Fsp3) is 1.00. The molecule has 2 aliphatic rings. The minimum Gasteiger partial charge on any atom is -0.393 e. The zero-order valence-corrected chi connectivity index (χ0v) is 21.9. The monoisotopic (exact) mass is 440 g/mol. The first-order valence-corrected chi connectivity index (χ1v) is 12.8. The maximum absolute atomic E-state index is 10.2. The molecule has 0 aromatic heterocycles. The van der Waals surface area contributed by atoms with Crippen LogP contribution >= 0.6 is 0 Å². The molecule has 31 heavy (non-hydrogen) atoms. The third-order valence-corrected chi connectivity index (χ3v) is 7.23. The van der Waals surface area contributed by atoms with Gasteiger partial charge in [0, 0.05) is 22.2 Å². The molecule has 0 spiro atoms. The maximum Gasteiger partial charge on any atom is 0.0685 e. The Kier molecular flexibility index (Phi) is 9.44. The summed E-state index contributed by atoms with van der Waals surface area (Å²) in [7, 11) is 0.